The van der Waals surface area contributed by atoms with E-state index >= 15 is 0 Å². The summed E-state index contributed by atoms with van der Waals surface area (Å²) in [5, 5.41) is 3.51. The van der Waals surface area contributed by atoms with Crippen molar-refractivity contribution >= 4 is 5.91 Å². The Bertz CT molecular complexity index is 287. The molecule has 1 amide bonds. The van der Waals surface area contributed by atoms with Crippen LogP contribution in [-0.4, -0.2) is 61.0 Å². The molecule has 0 aromatic rings. The first-order valence-corrected chi connectivity index (χ1v) is 7.94. The lowest BCUT2D eigenvalue weighted by Gasteiger charge is -2.36. The summed E-state index contributed by atoms with van der Waals surface area (Å²) in [4.78, 5) is 16.9. The van der Waals surface area contributed by atoms with Gasteiger partial charge in [0.15, 0.2) is 0 Å². The summed E-state index contributed by atoms with van der Waals surface area (Å²) >= 11 is 0. The van der Waals surface area contributed by atoms with Crippen LogP contribution in [0, 0.1) is 5.92 Å². The topological polar surface area (TPSA) is 35.6 Å². The maximum Gasteiger partial charge on any atom is 0.224 e. The SMILES string of the molecule is CCCN1CCN(C(=O)CC2NCCCC2C)CC1. The van der Waals surface area contributed by atoms with Crippen LogP contribution in [0.15, 0.2) is 0 Å². The largest absolute Gasteiger partial charge is 0.340 e. The Morgan fingerprint density at radius 2 is 2.00 bits per heavy atom. The minimum Gasteiger partial charge on any atom is -0.340 e. The molecule has 19 heavy (non-hydrogen) atoms. The van der Waals surface area contributed by atoms with Gasteiger partial charge in [0, 0.05) is 38.6 Å². The number of piperazine rings is 1. The maximum atomic E-state index is 12.3. The number of rotatable bonds is 4. The molecule has 0 aliphatic carbocycles. The summed E-state index contributed by atoms with van der Waals surface area (Å²) in [6.07, 6.45) is 4.41. The van der Waals surface area contributed by atoms with Crippen LogP contribution in [0.3, 0.4) is 0 Å². The lowest BCUT2D eigenvalue weighted by atomic mass is 9.90. The normalized spacial score (nSPS) is 29.5. The molecule has 4 nitrogen and oxygen atoms in total. The van der Waals surface area contributed by atoms with Crippen molar-refractivity contribution in [3.05, 3.63) is 0 Å². The van der Waals surface area contributed by atoms with Gasteiger partial charge in [-0.2, -0.15) is 0 Å². The fourth-order valence-corrected chi connectivity index (χ4v) is 3.24. The number of hydrogen-bond acceptors (Lipinski definition) is 3. The zero-order chi connectivity index (χ0) is 13.7. The monoisotopic (exact) mass is 267 g/mol. The zero-order valence-electron chi connectivity index (χ0n) is 12.5. The minimum atomic E-state index is 0.349. The predicted octanol–water partition coefficient (Wildman–Crippen LogP) is 1.32. The molecule has 2 saturated heterocycles. The Kier molecular flexibility index (Phi) is 5.64. The number of carbonyl (C=O) groups is 1. The van der Waals surface area contributed by atoms with E-state index in [0.29, 0.717) is 24.3 Å². The van der Waals surface area contributed by atoms with E-state index in [9.17, 15) is 4.79 Å². The molecule has 0 spiro atoms. The van der Waals surface area contributed by atoms with Crippen LogP contribution in [0.2, 0.25) is 0 Å². The van der Waals surface area contributed by atoms with E-state index < -0.39 is 0 Å². The molecule has 0 radical (unpaired) electrons. The third kappa shape index (κ3) is 4.18. The van der Waals surface area contributed by atoms with Crippen LogP contribution in [0.25, 0.3) is 0 Å². The molecule has 0 bridgehead atoms. The third-order valence-electron chi connectivity index (χ3n) is 4.59. The van der Waals surface area contributed by atoms with Crippen molar-refractivity contribution in [3.63, 3.8) is 0 Å². The molecule has 2 rings (SSSR count). The van der Waals surface area contributed by atoms with Gasteiger partial charge in [0.2, 0.25) is 5.91 Å². The molecular weight excluding hydrogens is 238 g/mol. The number of nitrogens with zero attached hydrogens (tertiary/aromatic N) is 2. The second kappa shape index (κ2) is 7.25. The van der Waals surface area contributed by atoms with Crippen molar-refractivity contribution in [1.82, 2.24) is 15.1 Å². The van der Waals surface area contributed by atoms with Gasteiger partial charge in [-0.05, 0) is 38.3 Å². The number of hydrogen-bond donors (Lipinski definition) is 1. The van der Waals surface area contributed by atoms with Crippen LogP contribution < -0.4 is 5.32 Å². The Morgan fingerprint density at radius 1 is 1.26 bits per heavy atom. The summed E-state index contributed by atoms with van der Waals surface area (Å²) in [6, 6.07) is 0.398. The standard InChI is InChI=1S/C15H29N3O/c1-3-7-17-8-10-18(11-9-17)15(19)12-14-13(2)5-4-6-16-14/h13-14,16H,3-12H2,1-2H3. The van der Waals surface area contributed by atoms with Gasteiger partial charge in [-0.15, -0.1) is 0 Å². The highest BCUT2D eigenvalue weighted by molar-refractivity contribution is 5.77. The average Bonchev–Trinajstić information content (AvgIpc) is 2.42. The number of carbonyl (C=O) groups excluding carboxylic acids is 1. The highest BCUT2D eigenvalue weighted by atomic mass is 16.2. The van der Waals surface area contributed by atoms with Crippen molar-refractivity contribution in [2.45, 2.75) is 45.6 Å². The van der Waals surface area contributed by atoms with Crippen molar-refractivity contribution in [2.75, 3.05) is 39.3 Å². The molecule has 0 aromatic carbocycles. The molecule has 2 unspecified atom stereocenters. The van der Waals surface area contributed by atoms with E-state index in [1.165, 1.54) is 25.8 Å². The molecule has 2 aliphatic heterocycles. The predicted molar refractivity (Wildman–Crippen MR) is 78.1 cm³/mol. The van der Waals surface area contributed by atoms with Gasteiger partial charge in [0.1, 0.15) is 0 Å². The van der Waals surface area contributed by atoms with Gasteiger partial charge in [-0.1, -0.05) is 13.8 Å². The molecule has 2 fully saturated rings. The Balaban J connectivity index is 1.74. The van der Waals surface area contributed by atoms with Gasteiger partial charge >= 0.3 is 0 Å². The van der Waals surface area contributed by atoms with E-state index in [2.05, 4.69) is 29.0 Å². The first kappa shape index (κ1) is 14.8. The van der Waals surface area contributed by atoms with Gasteiger partial charge in [0.25, 0.3) is 0 Å². The zero-order valence-corrected chi connectivity index (χ0v) is 12.5. The van der Waals surface area contributed by atoms with Crippen LogP contribution >= 0.6 is 0 Å². The third-order valence-corrected chi connectivity index (χ3v) is 4.59. The van der Waals surface area contributed by atoms with E-state index in [1.807, 2.05) is 0 Å². The molecule has 1 N–H and O–H groups in total. The van der Waals surface area contributed by atoms with Crippen LogP contribution in [0.4, 0.5) is 0 Å². The molecule has 2 aliphatic rings. The van der Waals surface area contributed by atoms with Crippen molar-refractivity contribution in [3.8, 4) is 0 Å². The molecule has 2 heterocycles. The van der Waals surface area contributed by atoms with Crippen LogP contribution in [-0.2, 0) is 4.79 Å². The minimum absolute atomic E-state index is 0.349. The number of nitrogens with one attached hydrogen (secondary N) is 1. The molecule has 2 atom stereocenters. The molecule has 0 aromatic heterocycles. The fourth-order valence-electron chi connectivity index (χ4n) is 3.24. The lowest BCUT2D eigenvalue weighted by Crippen LogP contribution is -2.51. The first-order chi connectivity index (χ1) is 9.20. The van der Waals surface area contributed by atoms with Gasteiger partial charge in [-0.25, -0.2) is 0 Å². The summed E-state index contributed by atoms with van der Waals surface area (Å²) in [7, 11) is 0. The van der Waals surface area contributed by atoms with Crippen LogP contribution in [0.1, 0.15) is 39.5 Å². The van der Waals surface area contributed by atoms with E-state index in [-0.39, 0.29) is 0 Å². The molecular formula is C15H29N3O. The lowest BCUT2D eigenvalue weighted by molar-refractivity contribution is -0.133. The fraction of sp³-hybridized carbons (Fsp3) is 0.933. The van der Waals surface area contributed by atoms with Gasteiger partial charge < -0.3 is 10.2 Å². The van der Waals surface area contributed by atoms with Crippen molar-refractivity contribution in [2.24, 2.45) is 5.92 Å². The van der Waals surface area contributed by atoms with Gasteiger partial charge in [-0.3, -0.25) is 9.69 Å². The molecule has 4 heteroatoms. The average molecular weight is 267 g/mol. The number of amides is 1. The van der Waals surface area contributed by atoms with E-state index in [4.69, 9.17) is 0 Å². The summed E-state index contributed by atoms with van der Waals surface area (Å²) < 4.78 is 0. The van der Waals surface area contributed by atoms with Crippen LogP contribution in [0.5, 0.6) is 0 Å². The van der Waals surface area contributed by atoms with E-state index in [1.54, 1.807) is 0 Å². The Hall–Kier alpha value is -0.610. The summed E-state index contributed by atoms with van der Waals surface area (Å²) in [6.45, 7) is 10.7. The van der Waals surface area contributed by atoms with E-state index in [0.717, 1.165) is 32.7 Å². The van der Waals surface area contributed by atoms with Gasteiger partial charge in [0.05, 0.1) is 0 Å². The maximum absolute atomic E-state index is 12.3. The first-order valence-electron chi connectivity index (χ1n) is 7.94. The summed E-state index contributed by atoms with van der Waals surface area (Å²) in [5.41, 5.74) is 0. The quantitative estimate of drug-likeness (QED) is 0.834. The highest BCUT2D eigenvalue weighted by Crippen LogP contribution is 2.19. The summed E-state index contributed by atoms with van der Waals surface area (Å²) in [5.74, 6) is 0.987. The molecule has 110 valence electrons. The second-order valence-electron chi connectivity index (χ2n) is 6.11. The Labute approximate surface area is 117 Å². The number of piperidine rings is 1. The smallest absolute Gasteiger partial charge is 0.224 e. The van der Waals surface area contributed by atoms with Crippen molar-refractivity contribution < 1.29 is 4.79 Å². The Morgan fingerprint density at radius 3 is 2.63 bits per heavy atom. The second-order valence-corrected chi connectivity index (χ2v) is 6.11. The molecule has 0 saturated carbocycles. The van der Waals surface area contributed by atoms with Crippen molar-refractivity contribution in [1.29, 1.82) is 0 Å². The highest BCUT2D eigenvalue weighted by Gasteiger charge is 2.27.